The van der Waals surface area contributed by atoms with Crippen LogP contribution in [0.2, 0.25) is 0 Å². The van der Waals surface area contributed by atoms with Crippen LogP contribution in [-0.2, 0) is 18.3 Å². The summed E-state index contributed by atoms with van der Waals surface area (Å²) in [5, 5.41) is 10.0. The molecule has 1 heterocycles. The van der Waals surface area contributed by atoms with E-state index in [2.05, 4.69) is 15.7 Å². The van der Waals surface area contributed by atoms with Crippen LogP contribution in [0.15, 0.2) is 48.5 Å². The van der Waals surface area contributed by atoms with E-state index in [1.54, 1.807) is 60.3 Å². The molecule has 0 aliphatic rings. The van der Waals surface area contributed by atoms with E-state index in [1.165, 1.54) is 0 Å². The predicted molar refractivity (Wildman–Crippen MR) is 112 cm³/mol. The summed E-state index contributed by atoms with van der Waals surface area (Å²) in [6.07, 6.45) is 0.255. The van der Waals surface area contributed by atoms with Gasteiger partial charge in [0.25, 0.3) is 5.91 Å². The molecule has 0 spiro atoms. The Balaban J connectivity index is 1.60. The molecule has 3 rings (SSSR count). The molecule has 2 aromatic carbocycles. The number of hydrogen-bond donors (Lipinski definition) is 2. The zero-order valence-corrected chi connectivity index (χ0v) is 16.9. The number of methoxy groups -OCH3 is 1. The van der Waals surface area contributed by atoms with Crippen LogP contribution in [0.1, 0.15) is 27.3 Å². The largest absolute Gasteiger partial charge is 0.497 e. The Morgan fingerprint density at radius 2 is 1.55 bits per heavy atom. The monoisotopic (exact) mass is 392 g/mol. The lowest BCUT2D eigenvalue weighted by Crippen LogP contribution is -2.16. The fourth-order valence-corrected chi connectivity index (χ4v) is 3.02. The third-order valence-corrected chi connectivity index (χ3v) is 4.77. The number of anilines is 2. The Morgan fingerprint density at radius 1 is 0.966 bits per heavy atom. The second kappa shape index (κ2) is 8.60. The molecule has 0 unspecified atom stereocenters. The van der Waals surface area contributed by atoms with Crippen molar-refractivity contribution in [3.05, 3.63) is 71.0 Å². The highest BCUT2D eigenvalue weighted by Crippen LogP contribution is 2.17. The van der Waals surface area contributed by atoms with Crippen molar-refractivity contribution in [1.82, 2.24) is 9.78 Å². The molecule has 0 aliphatic heterocycles. The minimum Gasteiger partial charge on any atom is -0.497 e. The van der Waals surface area contributed by atoms with Crippen molar-refractivity contribution >= 4 is 23.2 Å². The molecule has 0 atom stereocenters. The second-order valence-corrected chi connectivity index (χ2v) is 6.76. The standard InChI is InChI=1S/C22H24N4O3/c1-14-20(15(2)26(3)25-14)13-21(27)23-17-7-5-16(6-8-17)22(28)24-18-9-11-19(29-4)12-10-18/h5-12H,13H2,1-4H3,(H,23,27)(H,24,28). The molecule has 1 aromatic heterocycles. The van der Waals surface area contributed by atoms with E-state index in [-0.39, 0.29) is 18.2 Å². The molecule has 2 amide bonds. The Kier molecular flexibility index (Phi) is 5.97. The molecule has 0 saturated heterocycles. The number of ether oxygens (including phenoxy) is 1. The lowest BCUT2D eigenvalue weighted by atomic mass is 10.1. The van der Waals surface area contributed by atoms with Gasteiger partial charge in [-0.15, -0.1) is 0 Å². The second-order valence-electron chi connectivity index (χ2n) is 6.76. The first kappa shape index (κ1) is 20.1. The average Bonchev–Trinajstić information content (AvgIpc) is 2.95. The number of nitrogens with zero attached hydrogens (tertiary/aromatic N) is 2. The highest BCUT2D eigenvalue weighted by Gasteiger charge is 2.14. The van der Waals surface area contributed by atoms with E-state index < -0.39 is 0 Å². The Hall–Kier alpha value is -3.61. The Bertz CT molecular complexity index is 1020. The van der Waals surface area contributed by atoms with Gasteiger partial charge in [-0.1, -0.05) is 0 Å². The van der Waals surface area contributed by atoms with Crippen LogP contribution < -0.4 is 15.4 Å². The fourth-order valence-electron chi connectivity index (χ4n) is 3.02. The number of carbonyl (C=O) groups is 2. The molecule has 3 aromatic rings. The van der Waals surface area contributed by atoms with Gasteiger partial charge in [0.1, 0.15) is 5.75 Å². The number of amides is 2. The molecule has 0 radical (unpaired) electrons. The Morgan fingerprint density at radius 3 is 2.10 bits per heavy atom. The third-order valence-electron chi connectivity index (χ3n) is 4.77. The minimum atomic E-state index is -0.227. The van der Waals surface area contributed by atoms with Gasteiger partial charge < -0.3 is 15.4 Å². The molecule has 0 bridgehead atoms. The van der Waals surface area contributed by atoms with E-state index in [4.69, 9.17) is 4.74 Å². The number of carbonyl (C=O) groups excluding carboxylic acids is 2. The smallest absolute Gasteiger partial charge is 0.255 e. The number of hydrogen-bond acceptors (Lipinski definition) is 4. The fraction of sp³-hybridized carbons (Fsp3) is 0.227. The zero-order chi connectivity index (χ0) is 21.0. The van der Waals surface area contributed by atoms with Crippen LogP contribution in [0.3, 0.4) is 0 Å². The Labute approximate surface area is 169 Å². The van der Waals surface area contributed by atoms with Gasteiger partial charge in [0.15, 0.2) is 0 Å². The topological polar surface area (TPSA) is 85.2 Å². The third kappa shape index (κ3) is 4.82. The van der Waals surface area contributed by atoms with Crippen molar-refractivity contribution in [2.45, 2.75) is 20.3 Å². The van der Waals surface area contributed by atoms with Gasteiger partial charge in [0.2, 0.25) is 5.91 Å². The van der Waals surface area contributed by atoms with Crippen molar-refractivity contribution in [1.29, 1.82) is 0 Å². The van der Waals surface area contributed by atoms with E-state index in [1.807, 2.05) is 20.9 Å². The molecule has 7 heteroatoms. The first-order valence-corrected chi connectivity index (χ1v) is 9.21. The predicted octanol–water partition coefficient (Wildman–Crippen LogP) is 3.48. The molecule has 150 valence electrons. The molecule has 0 saturated carbocycles. The summed E-state index contributed by atoms with van der Waals surface area (Å²) in [6.45, 7) is 3.84. The quantitative estimate of drug-likeness (QED) is 0.673. The van der Waals surface area contributed by atoms with Crippen molar-refractivity contribution in [2.24, 2.45) is 7.05 Å². The van der Waals surface area contributed by atoms with Crippen LogP contribution >= 0.6 is 0 Å². The van der Waals surface area contributed by atoms with Crippen molar-refractivity contribution in [3.8, 4) is 5.75 Å². The molecular formula is C22H24N4O3. The number of aryl methyl sites for hydroxylation is 2. The van der Waals surface area contributed by atoms with Crippen molar-refractivity contribution < 1.29 is 14.3 Å². The maximum absolute atomic E-state index is 12.4. The van der Waals surface area contributed by atoms with Crippen LogP contribution in [0.4, 0.5) is 11.4 Å². The molecule has 29 heavy (non-hydrogen) atoms. The van der Waals surface area contributed by atoms with Crippen molar-refractivity contribution in [2.75, 3.05) is 17.7 Å². The number of nitrogens with one attached hydrogen (secondary N) is 2. The maximum atomic E-state index is 12.4. The van der Waals surface area contributed by atoms with Gasteiger partial charge in [-0.25, -0.2) is 0 Å². The van der Waals surface area contributed by atoms with E-state index >= 15 is 0 Å². The van der Waals surface area contributed by atoms with Crippen LogP contribution in [0.5, 0.6) is 5.75 Å². The lowest BCUT2D eigenvalue weighted by molar-refractivity contribution is -0.115. The molecular weight excluding hydrogens is 368 g/mol. The SMILES string of the molecule is COc1ccc(NC(=O)c2ccc(NC(=O)Cc3c(C)nn(C)c3C)cc2)cc1. The minimum absolute atomic E-state index is 0.125. The van der Waals surface area contributed by atoms with Gasteiger partial charge in [0.05, 0.1) is 19.2 Å². The normalized spacial score (nSPS) is 10.5. The average molecular weight is 392 g/mol. The summed E-state index contributed by atoms with van der Waals surface area (Å²) in [7, 11) is 3.45. The summed E-state index contributed by atoms with van der Waals surface area (Å²) in [5.41, 5.74) is 4.57. The number of rotatable bonds is 6. The van der Waals surface area contributed by atoms with Gasteiger partial charge in [-0.2, -0.15) is 5.10 Å². The molecule has 2 N–H and O–H groups in total. The van der Waals surface area contributed by atoms with Gasteiger partial charge in [0, 0.05) is 35.2 Å². The van der Waals surface area contributed by atoms with Crippen LogP contribution in [0.25, 0.3) is 0 Å². The highest BCUT2D eigenvalue weighted by atomic mass is 16.5. The first-order chi connectivity index (χ1) is 13.9. The van der Waals surface area contributed by atoms with E-state index in [9.17, 15) is 9.59 Å². The highest BCUT2D eigenvalue weighted by molar-refractivity contribution is 6.04. The maximum Gasteiger partial charge on any atom is 0.255 e. The van der Waals surface area contributed by atoms with Gasteiger partial charge in [-0.05, 0) is 62.4 Å². The summed E-state index contributed by atoms with van der Waals surface area (Å²) in [6, 6.07) is 13.9. The van der Waals surface area contributed by atoms with Gasteiger partial charge in [-0.3, -0.25) is 14.3 Å². The first-order valence-electron chi connectivity index (χ1n) is 9.21. The van der Waals surface area contributed by atoms with Crippen LogP contribution in [-0.4, -0.2) is 28.7 Å². The lowest BCUT2D eigenvalue weighted by Gasteiger charge is -2.08. The van der Waals surface area contributed by atoms with E-state index in [0.717, 1.165) is 22.7 Å². The van der Waals surface area contributed by atoms with Crippen LogP contribution in [0, 0.1) is 13.8 Å². The summed E-state index contributed by atoms with van der Waals surface area (Å²) in [4.78, 5) is 24.8. The summed E-state index contributed by atoms with van der Waals surface area (Å²) < 4.78 is 6.88. The van der Waals surface area contributed by atoms with Gasteiger partial charge >= 0.3 is 0 Å². The van der Waals surface area contributed by atoms with E-state index in [0.29, 0.717) is 16.9 Å². The zero-order valence-electron chi connectivity index (χ0n) is 16.9. The number of benzene rings is 2. The molecule has 0 fully saturated rings. The summed E-state index contributed by atoms with van der Waals surface area (Å²) in [5.74, 6) is 0.369. The number of aromatic nitrogens is 2. The molecule has 0 aliphatic carbocycles. The summed E-state index contributed by atoms with van der Waals surface area (Å²) >= 11 is 0. The van der Waals surface area contributed by atoms with Crippen molar-refractivity contribution in [3.63, 3.8) is 0 Å². The molecule has 7 nitrogen and oxygen atoms in total.